The van der Waals surface area contributed by atoms with E-state index in [2.05, 4.69) is 39.4 Å². The van der Waals surface area contributed by atoms with Crippen LogP contribution in [0.25, 0.3) is 5.69 Å². The summed E-state index contributed by atoms with van der Waals surface area (Å²) < 4.78 is 1.56. The van der Waals surface area contributed by atoms with Crippen LogP contribution in [-0.4, -0.2) is 30.9 Å². The van der Waals surface area contributed by atoms with Gasteiger partial charge in [-0.05, 0) is 18.6 Å². The maximum atomic E-state index is 12.6. The van der Waals surface area contributed by atoms with E-state index in [1.165, 1.54) is 17.7 Å². The van der Waals surface area contributed by atoms with Crippen molar-refractivity contribution >= 4 is 22.4 Å². The number of para-hydroxylation sites is 1. The molecule has 0 radical (unpaired) electrons. The summed E-state index contributed by atoms with van der Waals surface area (Å²) in [5, 5.41) is 16.6. The molecular weight excluding hydrogens is 324 g/mol. The molecule has 2 aromatic heterocycles. The number of rotatable bonds is 6. The lowest BCUT2D eigenvalue weighted by atomic mass is 10.1. The Morgan fingerprint density at radius 2 is 2.17 bits per heavy atom. The molecule has 0 fully saturated rings. The summed E-state index contributed by atoms with van der Waals surface area (Å²) in [4.78, 5) is 16.5. The minimum absolute atomic E-state index is 0.244. The van der Waals surface area contributed by atoms with Gasteiger partial charge in [-0.1, -0.05) is 43.7 Å². The van der Waals surface area contributed by atoms with Crippen molar-refractivity contribution in [2.45, 2.75) is 32.6 Å². The number of nitrogens with zero attached hydrogens (tertiary/aromatic N) is 5. The summed E-state index contributed by atoms with van der Waals surface area (Å²) in [6.07, 6.45) is 5.13. The van der Waals surface area contributed by atoms with Gasteiger partial charge < -0.3 is 0 Å². The van der Waals surface area contributed by atoms with E-state index in [1.807, 2.05) is 18.2 Å². The van der Waals surface area contributed by atoms with Crippen LogP contribution in [0.15, 0.2) is 36.9 Å². The summed E-state index contributed by atoms with van der Waals surface area (Å²) in [6.45, 7) is 4.26. The van der Waals surface area contributed by atoms with Crippen LogP contribution in [0.5, 0.6) is 0 Å². The maximum absolute atomic E-state index is 12.6. The summed E-state index contributed by atoms with van der Waals surface area (Å²) in [7, 11) is 0. The largest absolute Gasteiger partial charge is 0.296 e. The van der Waals surface area contributed by atoms with Crippen molar-refractivity contribution in [2.24, 2.45) is 0 Å². The molecular formula is C16H18N6OS. The number of aromatic nitrogens is 5. The second-order valence-corrected chi connectivity index (χ2v) is 6.46. The first kappa shape index (κ1) is 16.3. The maximum Gasteiger partial charge on any atom is 0.259 e. The van der Waals surface area contributed by atoms with Gasteiger partial charge in [0.2, 0.25) is 5.13 Å². The minimum atomic E-state index is -0.244. The van der Waals surface area contributed by atoms with E-state index in [4.69, 9.17) is 0 Å². The topological polar surface area (TPSA) is 85.6 Å². The smallest absolute Gasteiger partial charge is 0.259 e. The zero-order valence-electron chi connectivity index (χ0n) is 13.5. The fraction of sp³-hybridized carbons (Fsp3) is 0.312. The molecule has 0 aliphatic heterocycles. The molecule has 0 unspecified atom stereocenters. The fourth-order valence-electron chi connectivity index (χ4n) is 2.40. The van der Waals surface area contributed by atoms with E-state index in [0.717, 1.165) is 17.8 Å². The lowest BCUT2D eigenvalue weighted by Gasteiger charge is -2.08. The average molecular weight is 342 g/mol. The average Bonchev–Trinajstić information content (AvgIpc) is 3.27. The van der Waals surface area contributed by atoms with Crippen molar-refractivity contribution in [3.8, 4) is 5.69 Å². The van der Waals surface area contributed by atoms with Crippen molar-refractivity contribution < 1.29 is 4.79 Å². The number of carbonyl (C=O) groups excluding carboxylic acids is 1. The third kappa shape index (κ3) is 3.48. The van der Waals surface area contributed by atoms with E-state index in [1.54, 1.807) is 17.1 Å². The number of hydrogen-bond acceptors (Lipinski definition) is 6. The molecule has 1 atom stereocenters. The van der Waals surface area contributed by atoms with Gasteiger partial charge in [-0.3, -0.25) is 10.1 Å². The molecule has 1 N–H and O–H groups in total. The Balaban J connectivity index is 1.79. The molecule has 124 valence electrons. The van der Waals surface area contributed by atoms with Gasteiger partial charge >= 0.3 is 0 Å². The highest BCUT2D eigenvalue weighted by Gasteiger charge is 2.16. The molecule has 7 nitrogen and oxygen atoms in total. The first-order valence-electron chi connectivity index (χ1n) is 7.77. The van der Waals surface area contributed by atoms with Crippen molar-refractivity contribution in [3.05, 3.63) is 47.5 Å². The number of amides is 1. The molecule has 0 saturated carbocycles. The van der Waals surface area contributed by atoms with E-state index < -0.39 is 0 Å². The lowest BCUT2D eigenvalue weighted by molar-refractivity contribution is 0.102. The number of carbonyl (C=O) groups is 1. The molecule has 24 heavy (non-hydrogen) atoms. The van der Waals surface area contributed by atoms with Crippen molar-refractivity contribution in [1.29, 1.82) is 0 Å². The normalized spacial score (nSPS) is 12.1. The highest BCUT2D eigenvalue weighted by atomic mass is 32.1. The van der Waals surface area contributed by atoms with Gasteiger partial charge in [0.05, 0.1) is 11.3 Å². The Kier molecular flexibility index (Phi) is 4.95. The van der Waals surface area contributed by atoms with Gasteiger partial charge in [-0.25, -0.2) is 9.67 Å². The predicted octanol–water partition coefficient (Wildman–Crippen LogP) is 3.27. The van der Waals surface area contributed by atoms with E-state index in [9.17, 15) is 4.79 Å². The SMILES string of the molecule is CCC[C@H](C)c1nnc(NC(=O)c2ccccc2-n2cncn2)s1. The molecule has 1 aromatic carbocycles. The Bertz CT molecular complexity index is 814. The molecule has 3 aromatic rings. The van der Waals surface area contributed by atoms with Crippen LogP contribution in [-0.2, 0) is 0 Å². The van der Waals surface area contributed by atoms with E-state index in [0.29, 0.717) is 22.3 Å². The first-order valence-corrected chi connectivity index (χ1v) is 8.59. The van der Waals surface area contributed by atoms with Gasteiger partial charge in [0.25, 0.3) is 5.91 Å². The van der Waals surface area contributed by atoms with Gasteiger partial charge in [0.1, 0.15) is 17.7 Å². The Hall–Kier alpha value is -2.61. The summed E-state index contributed by atoms with van der Waals surface area (Å²) in [5.74, 6) is 0.104. The molecule has 2 heterocycles. The zero-order valence-corrected chi connectivity index (χ0v) is 14.3. The molecule has 1 amide bonds. The first-order chi connectivity index (χ1) is 11.7. The molecule has 0 bridgehead atoms. The molecule has 0 saturated heterocycles. The van der Waals surface area contributed by atoms with Crippen molar-refractivity contribution in [3.63, 3.8) is 0 Å². The van der Waals surface area contributed by atoms with E-state index >= 15 is 0 Å². The van der Waals surface area contributed by atoms with Crippen LogP contribution in [0, 0.1) is 0 Å². The second kappa shape index (κ2) is 7.31. The van der Waals surface area contributed by atoms with Gasteiger partial charge in [-0.15, -0.1) is 10.2 Å². The Morgan fingerprint density at radius 1 is 1.33 bits per heavy atom. The van der Waals surface area contributed by atoms with Gasteiger partial charge in [0, 0.05) is 5.92 Å². The fourth-order valence-corrected chi connectivity index (χ4v) is 3.23. The summed E-state index contributed by atoms with van der Waals surface area (Å²) >= 11 is 1.42. The summed E-state index contributed by atoms with van der Waals surface area (Å²) in [5.41, 5.74) is 1.16. The standard InChI is InChI=1S/C16H18N6OS/c1-3-6-11(2)15-20-21-16(24-15)19-14(23)12-7-4-5-8-13(12)22-10-17-9-18-22/h4-5,7-11H,3,6H2,1-2H3,(H,19,21,23)/t11-/m0/s1. The number of benzene rings is 1. The van der Waals surface area contributed by atoms with E-state index in [-0.39, 0.29) is 5.91 Å². The Labute approximate surface area is 143 Å². The molecule has 8 heteroatoms. The molecule has 3 rings (SSSR count). The third-order valence-corrected chi connectivity index (χ3v) is 4.69. The number of nitrogens with one attached hydrogen (secondary N) is 1. The monoisotopic (exact) mass is 342 g/mol. The highest BCUT2D eigenvalue weighted by Crippen LogP contribution is 2.26. The van der Waals surface area contributed by atoms with Crippen molar-refractivity contribution in [2.75, 3.05) is 5.32 Å². The molecule has 0 spiro atoms. The van der Waals surface area contributed by atoms with Crippen LogP contribution in [0.4, 0.5) is 5.13 Å². The predicted molar refractivity (Wildman–Crippen MR) is 92.5 cm³/mol. The minimum Gasteiger partial charge on any atom is -0.296 e. The lowest BCUT2D eigenvalue weighted by Crippen LogP contribution is -2.15. The Morgan fingerprint density at radius 3 is 2.92 bits per heavy atom. The second-order valence-electron chi connectivity index (χ2n) is 5.45. The zero-order chi connectivity index (χ0) is 16.9. The third-order valence-electron chi connectivity index (χ3n) is 3.62. The molecule has 0 aliphatic carbocycles. The van der Waals surface area contributed by atoms with Gasteiger partial charge in [-0.2, -0.15) is 5.10 Å². The van der Waals surface area contributed by atoms with Crippen LogP contribution in [0.2, 0.25) is 0 Å². The number of hydrogen-bond donors (Lipinski definition) is 1. The van der Waals surface area contributed by atoms with Crippen LogP contribution in [0.1, 0.15) is 48.0 Å². The highest BCUT2D eigenvalue weighted by molar-refractivity contribution is 7.15. The summed E-state index contributed by atoms with van der Waals surface area (Å²) in [6, 6.07) is 7.22. The number of anilines is 1. The van der Waals surface area contributed by atoms with Gasteiger partial charge in [0.15, 0.2) is 0 Å². The van der Waals surface area contributed by atoms with Crippen LogP contribution >= 0.6 is 11.3 Å². The molecule has 0 aliphatic rings. The van der Waals surface area contributed by atoms with Crippen molar-refractivity contribution in [1.82, 2.24) is 25.0 Å². The quantitative estimate of drug-likeness (QED) is 0.743. The van der Waals surface area contributed by atoms with Crippen LogP contribution in [0.3, 0.4) is 0 Å². The van der Waals surface area contributed by atoms with Crippen LogP contribution < -0.4 is 5.32 Å².